The summed E-state index contributed by atoms with van der Waals surface area (Å²) in [5, 5.41) is 9.26. The topological polar surface area (TPSA) is 91.4 Å². The van der Waals surface area contributed by atoms with Crippen LogP contribution in [0.3, 0.4) is 0 Å². The van der Waals surface area contributed by atoms with Gasteiger partial charge in [-0.25, -0.2) is 4.98 Å². The van der Waals surface area contributed by atoms with Crippen molar-refractivity contribution in [1.29, 1.82) is 5.26 Å². The Hall–Kier alpha value is -3.13. The number of nitrogens with two attached hydrogens (primary N) is 1. The Morgan fingerprint density at radius 3 is 2.70 bits per heavy atom. The molecule has 20 heavy (non-hydrogen) atoms. The van der Waals surface area contributed by atoms with Crippen LogP contribution in [0, 0.1) is 11.3 Å². The molecule has 0 fully saturated rings. The Balaban J connectivity index is 2.24. The van der Waals surface area contributed by atoms with Crippen LogP contribution in [0.4, 0.5) is 5.82 Å². The molecule has 0 saturated heterocycles. The van der Waals surface area contributed by atoms with E-state index in [1.165, 1.54) is 0 Å². The SMILES string of the molecule is N#Cc1c(-c2ccc[nH]2)cc(-c2ccccn2)nc1N. The van der Waals surface area contributed by atoms with Gasteiger partial charge in [-0.3, -0.25) is 4.98 Å². The van der Waals surface area contributed by atoms with Crippen molar-refractivity contribution in [3.8, 4) is 28.7 Å². The summed E-state index contributed by atoms with van der Waals surface area (Å²) in [5.41, 5.74) is 9.19. The molecule has 5 heteroatoms. The van der Waals surface area contributed by atoms with Gasteiger partial charge in [-0.05, 0) is 30.3 Å². The molecular weight excluding hydrogens is 250 g/mol. The number of nitriles is 1. The third kappa shape index (κ3) is 1.99. The Labute approximate surface area is 115 Å². The molecule has 3 N–H and O–H groups in total. The summed E-state index contributed by atoms with van der Waals surface area (Å²) in [4.78, 5) is 11.6. The molecular formula is C15H11N5. The van der Waals surface area contributed by atoms with E-state index < -0.39 is 0 Å². The zero-order chi connectivity index (χ0) is 13.9. The van der Waals surface area contributed by atoms with Gasteiger partial charge >= 0.3 is 0 Å². The summed E-state index contributed by atoms with van der Waals surface area (Å²) in [7, 11) is 0. The Morgan fingerprint density at radius 1 is 1.15 bits per heavy atom. The standard InChI is InChI=1S/C15H11N5/c16-9-11-10(12-5-3-7-18-12)8-14(20-15(11)17)13-4-1-2-6-19-13/h1-8,18H,(H2,17,20). The van der Waals surface area contributed by atoms with Crippen molar-refractivity contribution in [2.45, 2.75) is 0 Å². The van der Waals surface area contributed by atoms with E-state index in [2.05, 4.69) is 21.0 Å². The molecule has 5 nitrogen and oxygen atoms in total. The van der Waals surface area contributed by atoms with Crippen LogP contribution in [0.25, 0.3) is 22.6 Å². The van der Waals surface area contributed by atoms with Gasteiger partial charge in [0.2, 0.25) is 0 Å². The number of nitrogens with zero attached hydrogens (tertiary/aromatic N) is 3. The monoisotopic (exact) mass is 261 g/mol. The number of pyridine rings is 2. The molecule has 3 aromatic heterocycles. The number of anilines is 1. The molecule has 0 bridgehead atoms. The normalized spacial score (nSPS) is 10.2. The summed E-state index contributed by atoms with van der Waals surface area (Å²) in [6.07, 6.45) is 3.49. The number of H-pyrrole nitrogens is 1. The Bertz CT molecular complexity index is 770. The predicted octanol–water partition coefficient (Wildman–Crippen LogP) is 2.59. The highest BCUT2D eigenvalue weighted by Crippen LogP contribution is 2.29. The average Bonchev–Trinajstić information content (AvgIpc) is 3.01. The van der Waals surface area contributed by atoms with Crippen LogP contribution in [0.2, 0.25) is 0 Å². The number of hydrogen-bond acceptors (Lipinski definition) is 4. The van der Waals surface area contributed by atoms with E-state index >= 15 is 0 Å². The van der Waals surface area contributed by atoms with Gasteiger partial charge in [-0.1, -0.05) is 6.07 Å². The second kappa shape index (κ2) is 4.86. The maximum absolute atomic E-state index is 9.26. The van der Waals surface area contributed by atoms with Crippen molar-refractivity contribution in [1.82, 2.24) is 15.0 Å². The second-order valence-corrected chi connectivity index (χ2v) is 4.23. The number of nitrogen functional groups attached to an aromatic ring is 1. The van der Waals surface area contributed by atoms with Crippen molar-refractivity contribution in [3.05, 3.63) is 54.4 Å². The first kappa shape index (κ1) is 11.9. The van der Waals surface area contributed by atoms with E-state index in [-0.39, 0.29) is 5.82 Å². The molecule has 3 heterocycles. The van der Waals surface area contributed by atoms with E-state index in [9.17, 15) is 5.26 Å². The molecule has 0 radical (unpaired) electrons. The van der Waals surface area contributed by atoms with Crippen LogP contribution in [0.15, 0.2) is 48.8 Å². The van der Waals surface area contributed by atoms with Crippen molar-refractivity contribution in [2.75, 3.05) is 5.73 Å². The largest absolute Gasteiger partial charge is 0.383 e. The number of nitrogens with one attached hydrogen (secondary N) is 1. The molecule has 3 rings (SSSR count). The van der Waals surface area contributed by atoms with E-state index in [1.54, 1.807) is 12.4 Å². The first-order valence-corrected chi connectivity index (χ1v) is 6.05. The number of aromatic amines is 1. The fourth-order valence-corrected chi connectivity index (χ4v) is 2.04. The van der Waals surface area contributed by atoms with E-state index in [0.717, 1.165) is 17.0 Å². The molecule has 0 aliphatic heterocycles. The zero-order valence-corrected chi connectivity index (χ0v) is 10.5. The summed E-state index contributed by atoms with van der Waals surface area (Å²) in [6, 6.07) is 13.3. The fourth-order valence-electron chi connectivity index (χ4n) is 2.04. The van der Waals surface area contributed by atoms with E-state index in [4.69, 9.17) is 5.73 Å². The second-order valence-electron chi connectivity index (χ2n) is 4.23. The predicted molar refractivity (Wildman–Crippen MR) is 76.4 cm³/mol. The molecule has 0 aliphatic rings. The first-order chi connectivity index (χ1) is 9.79. The smallest absolute Gasteiger partial charge is 0.142 e. The van der Waals surface area contributed by atoms with Gasteiger partial charge in [-0.2, -0.15) is 5.26 Å². The Morgan fingerprint density at radius 2 is 2.05 bits per heavy atom. The summed E-state index contributed by atoms with van der Waals surface area (Å²) < 4.78 is 0. The highest BCUT2D eigenvalue weighted by Gasteiger charge is 2.14. The minimum absolute atomic E-state index is 0.209. The molecule has 0 atom stereocenters. The lowest BCUT2D eigenvalue weighted by molar-refractivity contribution is 1.24. The van der Waals surface area contributed by atoms with Crippen LogP contribution in [0.5, 0.6) is 0 Å². The van der Waals surface area contributed by atoms with E-state index in [0.29, 0.717) is 11.3 Å². The molecule has 0 aromatic carbocycles. The highest BCUT2D eigenvalue weighted by atomic mass is 14.9. The minimum Gasteiger partial charge on any atom is -0.383 e. The zero-order valence-electron chi connectivity index (χ0n) is 10.5. The molecule has 96 valence electrons. The van der Waals surface area contributed by atoms with Crippen molar-refractivity contribution < 1.29 is 0 Å². The molecule has 0 saturated carbocycles. The molecule has 0 aliphatic carbocycles. The maximum Gasteiger partial charge on any atom is 0.142 e. The van der Waals surface area contributed by atoms with Crippen LogP contribution >= 0.6 is 0 Å². The van der Waals surface area contributed by atoms with Crippen molar-refractivity contribution in [3.63, 3.8) is 0 Å². The van der Waals surface area contributed by atoms with Crippen molar-refractivity contribution >= 4 is 5.82 Å². The van der Waals surface area contributed by atoms with Gasteiger partial charge in [-0.15, -0.1) is 0 Å². The van der Waals surface area contributed by atoms with E-state index in [1.807, 2.05) is 36.4 Å². The van der Waals surface area contributed by atoms with Gasteiger partial charge < -0.3 is 10.7 Å². The van der Waals surface area contributed by atoms with Crippen LogP contribution in [-0.2, 0) is 0 Å². The first-order valence-electron chi connectivity index (χ1n) is 6.05. The van der Waals surface area contributed by atoms with Gasteiger partial charge in [0.05, 0.1) is 11.4 Å². The lowest BCUT2D eigenvalue weighted by atomic mass is 10.0. The van der Waals surface area contributed by atoms with Crippen LogP contribution < -0.4 is 5.73 Å². The number of rotatable bonds is 2. The lowest BCUT2D eigenvalue weighted by Crippen LogP contribution is -2.00. The van der Waals surface area contributed by atoms with Crippen molar-refractivity contribution in [2.24, 2.45) is 0 Å². The highest BCUT2D eigenvalue weighted by molar-refractivity contribution is 5.77. The number of aromatic nitrogens is 3. The third-order valence-corrected chi connectivity index (χ3v) is 2.97. The van der Waals surface area contributed by atoms with Gasteiger partial charge in [0.1, 0.15) is 17.5 Å². The third-order valence-electron chi connectivity index (χ3n) is 2.97. The molecule has 0 amide bonds. The van der Waals surface area contributed by atoms with Gasteiger partial charge in [0.15, 0.2) is 0 Å². The molecule has 0 spiro atoms. The van der Waals surface area contributed by atoms with Gasteiger partial charge in [0.25, 0.3) is 0 Å². The van der Waals surface area contributed by atoms with Crippen LogP contribution in [-0.4, -0.2) is 15.0 Å². The molecule has 0 unspecified atom stereocenters. The fraction of sp³-hybridized carbons (Fsp3) is 0. The number of hydrogen-bond donors (Lipinski definition) is 2. The molecule has 3 aromatic rings. The minimum atomic E-state index is 0.209. The van der Waals surface area contributed by atoms with Crippen LogP contribution in [0.1, 0.15) is 5.56 Å². The van der Waals surface area contributed by atoms with Gasteiger partial charge in [0, 0.05) is 23.7 Å². The maximum atomic E-state index is 9.26. The summed E-state index contributed by atoms with van der Waals surface area (Å²) in [5.74, 6) is 0.209. The average molecular weight is 261 g/mol. The lowest BCUT2D eigenvalue weighted by Gasteiger charge is -2.08. The summed E-state index contributed by atoms with van der Waals surface area (Å²) in [6.45, 7) is 0. The summed E-state index contributed by atoms with van der Waals surface area (Å²) >= 11 is 0. The quantitative estimate of drug-likeness (QED) is 0.741. The Kier molecular flexibility index (Phi) is 2.90.